The summed E-state index contributed by atoms with van der Waals surface area (Å²) in [5.74, 6) is -0.0940. The van der Waals surface area contributed by atoms with Gasteiger partial charge in [-0.15, -0.1) is 0 Å². The molecule has 0 fully saturated rings. The molecule has 3 rings (SSSR count). The van der Waals surface area contributed by atoms with E-state index >= 15 is 0 Å². The summed E-state index contributed by atoms with van der Waals surface area (Å²) in [4.78, 5) is 24.2. The first-order valence-corrected chi connectivity index (χ1v) is 8.43. The monoisotopic (exact) mass is 384 g/mol. The van der Waals surface area contributed by atoms with Crippen molar-refractivity contribution in [2.45, 2.75) is 20.0 Å². The molecule has 0 atom stereocenters. The van der Waals surface area contributed by atoms with Gasteiger partial charge in [0, 0.05) is 28.7 Å². The van der Waals surface area contributed by atoms with Crippen LogP contribution in [0, 0.1) is 6.92 Å². The molecule has 3 aromatic rings. The van der Waals surface area contributed by atoms with Gasteiger partial charge >= 0.3 is 0 Å². The number of aromatic nitrogens is 1. The number of halogens is 1. The van der Waals surface area contributed by atoms with Gasteiger partial charge in [0.1, 0.15) is 6.54 Å². The van der Waals surface area contributed by atoms with Crippen molar-refractivity contribution in [1.82, 2.24) is 9.88 Å². The fourth-order valence-corrected chi connectivity index (χ4v) is 2.90. The van der Waals surface area contributed by atoms with E-state index in [-0.39, 0.29) is 17.9 Å². The summed E-state index contributed by atoms with van der Waals surface area (Å²) < 4.78 is 2.63. The molecular formula is C19H17BrN2O2. The molecule has 1 amide bonds. The Kier molecular flexibility index (Phi) is 4.81. The van der Waals surface area contributed by atoms with Gasteiger partial charge in [-0.3, -0.25) is 9.59 Å². The Morgan fingerprint density at radius 3 is 2.62 bits per heavy atom. The summed E-state index contributed by atoms with van der Waals surface area (Å²) in [5.41, 5.74) is 2.94. The number of hydrogen-bond donors (Lipinski definition) is 1. The average molecular weight is 385 g/mol. The molecular weight excluding hydrogens is 368 g/mol. The zero-order valence-corrected chi connectivity index (χ0v) is 14.8. The van der Waals surface area contributed by atoms with Crippen LogP contribution >= 0.6 is 15.9 Å². The van der Waals surface area contributed by atoms with E-state index in [9.17, 15) is 9.59 Å². The maximum atomic E-state index is 12.2. The highest BCUT2D eigenvalue weighted by Gasteiger charge is 2.07. The van der Waals surface area contributed by atoms with E-state index in [0.717, 1.165) is 15.6 Å². The number of nitrogens with zero attached hydrogens (tertiary/aromatic N) is 1. The number of aryl methyl sites for hydroxylation is 1. The number of pyridine rings is 1. The smallest absolute Gasteiger partial charge is 0.240 e. The lowest BCUT2D eigenvalue weighted by Gasteiger charge is -2.11. The molecule has 0 radical (unpaired) electrons. The first-order valence-electron chi connectivity index (χ1n) is 7.64. The van der Waals surface area contributed by atoms with E-state index in [0.29, 0.717) is 11.9 Å². The molecule has 1 N–H and O–H groups in total. The lowest BCUT2D eigenvalue weighted by atomic mass is 10.1. The topological polar surface area (TPSA) is 51.1 Å². The second-order valence-electron chi connectivity index (χ2n) is 5.73. The van der Waals surface area contributed by atoms with Crippen LogP contribution in [0.3, 0.4) is 0 Å². The predicted octanol–water partition coefficient (Wildman–Crippen LogP) is 3.39. The van der Waals surface area contributed by atoms with Crippen molar-refractivity contribution in [1.29, 1.82) is 0 Å². The lowest BCUT2D eigenvalue weighted by molar-refractivity contribution is -0.121. The van der Waals surface area contributed by atoms with Crippen molar-refractivity contribution >= 4 is 32.7 Å². The van der Waals surface area contributed by atoms with Crippen LogP contribution in [0.2, 0.25) is 0 Å². The second kappa shape index (κ2) is 7.01. The number of carbonyl (C=O) groups is 1. The third kappa shape index (κ3) is 3.74. The van der Waals surface area contributed by atoms with Gasteiger partial charge in [-0.1, -0.05) is 45.8 Å². The molecule has 5 heteroatoms. The Bertz CT molecular complexity index is 946. The van der Waals surface area contributed by atoms with Crippen LogP contribution in [0.1, 0.15) is 11.1 Å². The third-order valence-corrected chi connectivity index (χ3v) is 4.36. The molecule has 122 valence electrons. The standard InChI is InChI=1S/C19H17BrN2O2/c1-13-2-4-14(5-3-13)11-21-19(24)12-22-9-8-18(23)16-10-15(20)6-7-17(16)22/h2-10H,11-12H2,1H3,(H,21,24). The van der Waals surface area contributed by atoms with Crippen molar-refractivity contribution in [3.05, 3.63) is 80.6 Å². The van der Waals surface area contributed by atoms with Gasteiger partial charge in [0.25, 0.3) is 0 Å². The van der Waals surface area contributed by atoms with Crippen LogP contribution < -0.4 is 10.7 Å². The van der Waals surface area contributed by atoms with Gasteiger partial charge in [-0.25, -0.2) is 0 Å². The average Bonchev–Trinajstić information content (AvgIpc) is 2.57. The number of carbonyl (C=O) groups excluding carboxylic acids is 1. The molecule has 1 heterocycles. The Morgan fingerprint density at radius 2 is 1.88 bits per heavy atom. The van der Waals surface area contributed by atoms with Crippen LogP contribution in [0.25, 0.3) is 10.9 Å². The molecule has 24 heavy (non-hydrogen) atoms. The molecule has 0 aliphatic carbocycles. The highest BCUT2D eigenvalue weighted by molar-refractivity contribution is 9.10. The van der Waals surface area contributed by atoms with Crippen molar-refractivity contribution in [2.75, 3.05) is 0 Å². The van der Waals surface area contributed by atoms with Crippen molar-refractivity contribution in [2.24, 2.45) is 0 Å². The maximum Gasteiger partial charge on any atom is 0.240 e. The van der Waals surface area contributed by atoms with Crippen LogP contribution in [-0.4, -0.2) is 10.5 Å². The Hall–Kier alpha value is -2.40. The number of hydrogen-bond acceptors (Lipinski definition) is 2. The van der Waals surface area contributed by atoms with Crippen molar-refractivity contribution < 1.29 is 4.79 Å². The summed E-state index contributed by atoms with van der Waals surface area (Å²) in [5, 5.41) is 3.51. The molecule has 0 unspecified atom stereocenters. The predicted molar refractivity (Wildman–Crippen MR) is 98.9 cm³/mol. The fourth-order valence-electron chi connectivity index (χ4n) is 2.54. The zero-order valence-electron chi connectivity index (χ0n) is 13.3. The Labute approximate surface area is 148 Å². The van der Waals surface area contributed by atoms with E-state index in [4.69, 9.17) is 0 Å². The Morgan fingerprint density at radius 1 is 1.12 bits per heavy atom. The SMILES string of the molecule is Cc1ccc(CNC(=O)Cn2ccc(=O)c3cc(Br)ccc32)cc1. The minimum absolute atomic E-state index is 0.0531. The fraction of sp³-hybridized carbons (Fsp3) is 0.158. The van der Waals surface area contributed by atoms with Gasteiger partial charge in [-0.2, -0.15) is 0 Å². The summed E-state index contributed by atoms with van der Waals surface area (Å²) >= 11 is 3.37. The lowest BCUT2D eigenvalue weighted by Crippen LogP contribution is -2.27. The number of amides is 1. The summed E-state index contributed by atoms with van der Waals surface area (Å²) in [6.45, 7) is 2.69. The molecule has 0 aliphatic heterocycles. The normalized spacial score (nSPS) is 10.8. The summed E-state index contributed by atoms with van der Waals surface area (Å²) in [6.07, 6.45) is 1.66. The van der Waals surface area contributed by atoms with Gasteiger partial charge in [-0.05, 0) is 30.7 Å². The molecule has 0 saturated carbocycles. The zero-order chi connectivity index (χ0) is 17.1. The number of fused-ring (bicyclic) bond motifs is 1. The van der Waals surface area contributed by atoms with Crippen LogP contribution in [0.4, 0.5) is 0 Å². The van der Waals surface area contributed by atoms with Crippen molar-refractivity contribution in [3.63, 3.8) is 0 Å². The summed E-state index contributed by atoms with van der Waals surface area (Å²) in [7, 11) is 0. The third-order valence-electron chi connectivity index (χ3n) is 3.86. The van der Waals surface area contributed by atoms with Crippen molar-refractivity contribution in [3.8, 4) is 0 Å². The van der Waals surface area contributed by atoms with Gasteiger partial charge < -0.3 is 9.88 Å². The largest absolute Gasteiger partial charge is 0.350 e. The quantitative estimate of drug-likeness (QED) is 0.749. The molecule has 0 bridgehead atoms. The first-order chi connectivity index (χ1) is 11.5. The van der Waals surface area contributed by atoms with E-state index in [1.54, 1.807) is 16.8 Å². The minimum atomic E-state index is -0.0940. The highest BCUT2D eigenvalue weighted by Crippen LogP contribution is 2.17. The maximum absolute atomic E-state index is 12.2. The second-order valence-corrected chi connectivity index (χ2v) is 6.65. The van der Waals surface area contributed by atoms with Crippen LogP contribution in [0.15, 0.2) is 64.0 Å². The highest BCUT2D eigenvalue weighted by atomic mass is 79.9. The minimum Gasteiger partial charge on any atom is -0.350 e. The first kappa shape index (κ1) is 16.5. The van der Waals surface area contributed by atoms with Gasteiger partial charge in [0.05, 0.1) is 5.52 Å². The number of nitrogens with one attached hydrogen (secondary N) is 1. The van der Waals surface area contributed by atoms with E-state index in [1.165, 1.54) is 11.6 Å². The molecule has 1 aromatic heterocycles. The Balaban J connectivity index is 1.75. The molecule has 2 aromatic carbocycles. The molecule has 4 nitrogen and oxygen atoms in total. The van der Waals surface area contributed by atoms with Crippen LogP contribution in [0.5, 0.6) is 0 Å². The molecule has 0 aliphatic rings. The summed E-state index contributed by atoms with van der Waals surface area (Å²) in [6, 6.07) is 15.0. The van der Waals surface area contributed by atoms with E-state index in [2.05, 4.69) is 21.2 Å². The van der Waals surface area contributed by atoms with Gasteiger partial charge in [0.2, 0.25) is 5.91 Å². The van der Waals surface area contributed by atoms with Gasteiger partial charge in [0.15, 0.2) is 5.43 Å². The van der Waals surface area contributed by atoms with Crippen LogP contribution in [-0.2, 0) is 17.9 Å². The van der Waals surface area contributed by atoms with E-state index < -0.39 is 0 Å². The molecule has 0 spiro atoms. The number of rotatable bonds is 4. The number of benzene rings is 2. The molecule has 0 saturated heterocycles. The van der Waals surface area contributed by atoms with E-state index in [1.807, 2.05) is 43.3 Å².